The summed E-state index contributed by atoms with van der Waals surface area (Å²) in [4.78, 5) is 12.2. The molecule has 31 heavy (non-hydrogen) atoms. The van der Waals surface area contributed by atoms with Crippen LogP contribution in [0, 0.1) is 35.4 Å². The number of fused-ring (bicyclic) bond motifs is 5. The van der Waals surface area contributed by atoms with Crippen LogP contribution < -0.4 is 4.74 Å². The Morgan fingerprint density at radius 2 is 1.97 bits per heavy atom. The summed E-state index contributed by atoms with van der Waals surface area (Å²) in [5.74, 6) is 1.36. The zero-order chi connectivity index (χ0) is 22.4. The molecule has 0 radical (unpaired) electrons. The van der Waals surface area contributed by atoms with Gasteiger partial charge in [0.25, 0.3) is 10.1 Å². The van der Waals surface area contributed by atoms with Gasteiger partial charge in [0.05, 0.1) is 5.56 Å². The Morgan fingerprint density at radius 3 is 2.68 bits per heavy atom. The van der Waals surface area contributed by atoms with Crippen molar-refractivity contribution in [2.24, 2.45) is 29.6 Å². The lowest BCUT2D eigenvalue weighted by Crippen LogP contribution is -2.45. The van der Waals surface area contributed by atoms with E-state index in [1.54, 1.807) is 0 Å². The van der Waals surface area contributed by atoms with Gasteiger partial charge in [-0.15, -0.1) is 0 Å². The van der Waals surface area contributed by atoms with E-state index in [1.165, 1.54) is 43.9 Å². The second kappa shape index (κ2) is 8.35. The topological polar surface area (TPSA) is 89.9 Å². The van der Waals surface area contributed by atoms with Crippen LogP contribution in [-0.4, -0.2) is 36.9 Å². The third-order valence-electron chi connectivity index (χ3n) is 8.00. The molecule has 3 fully saturated rings. The van der Waals surface area contributed by atoms with Gasteiger partial charge >= 0.3 is 5.97 Å². The molecule has 1 aromatic carbocycles. The highest BCUT2D eigenvalue weighted by Crippen LogP contribution is 2.63. The summed E-state index contributed by atoms with van der Waals surface area (Å²) >= 11 is 0. The number of halogens is 1. The van der Waals surface area contributed by atoms with E-state index in [4.69, 9.17) is 14.0 Å². The lowest BCUT2D eigenvalue weighted by Gasteiger charge is -2.43. The molecule has 3 saturated carbocycles. The number of carbonyl (C=O) groups is 1. The highest BCUT2D eigenvalue weighted by Gasteiger charge is 2.58. The monoisotopic (exact) mass is 454 g/mol. The number of benzene rings is 1. The Kier molecular flexibility index (Phi) is 6.07. The van der Waals surface area contributed by atoms with E-state index in [0.29, 0.717) is 11.8 Å². The molecule has 0 aromatic heterocycles. The molecule has 6 unspecified atom stereocenters. The van der Waals surface area contributed by atoms with Gasteiger partial charge in [0.1, 0.15) is 18.0 Å². The predicted octanol–water partition coefficient (Wildman–Crippen LogP) is 4.49. The normalized spacial score (nSPS) is 31.3. The van der Waals surface area contributed by atoms with Crippen LogP contribution in [0.5, 0.6) is 5.75 Å². The maximum absolute atomic E-state index is 14.6. The van der Waals surface area contributed by atoms with Crippen molar-refractivity contribution in [3.63, 3.8) is 0 Å². The zero-order valence-electron chi connectivity index (χ0n) is 18.1. The van der Waals surface area contributed by atoms with E-state index in [9.17, 15) is 17.6 Å². The van der Waals surface area contributed by atoms with Gasteiger partial charge in [-0.25, -0.2) is 9.18 Å². The number of hydrogen-bond donors (Lipinski definition) is 1. The summed E-state index contributed by atoms with van der Waals surface area (Å²) in [7, 11) is -4.23. The molecular weight excluding hydrogens is 423 g/mol. The fourth-order valence-electron chi connectivity index (χ4n) is 6.46. The second-order valence-electron chi connectivity index (χ2n) is 9.60. The molecule has 1 N–H and O–H groups in total. The van der Waals surface area contributed by atoms with Crippen LogP contribution in [0.25, 0.3) is 0 Å². The van der Waals surface area contributed by atoms with Crippen molar-refractivity contribution in [2.45, 2.75) is 58.0 Å². The van der Waals surface area contributed by atoms with Crippen molar-refractivity contribution in [2.75, 3.05) is 12.4 Å². The molecule has 4 rings (SSSR count). The number of esters is 1. The van der Waals surface area contributed by atoms with Crippen LogP contribution >= 0.6 is 0 Å². The molecule has 172 valence electrons. The minimum Gasteiger partial charge on any atom is -0.484 e. The lowest BCUT2D eigenvalue weighted by atomic mass is 9.68. The molecule has 8 heteroatoms. The third-order valence-corrected chi connectivity index (χ3v) is 8.68. The molecule has 0 spiro atoms. The lowest BCUT2D eigenvalue weighted by molar-refractivity contribution is -0.0252. The quantitative estimate of drug-likeness (QED) is 0.460. The van der Waals surface area contributed by atoms with Crippen LogP contribution in [0.1, 0.15) is 62.7 Å². The third kappa shape index (κ3) is 4.46. The van der Waals surface area contributed by atoms with Gasteiger partial charge < -0.3 is 9.47 Å². The Bertz CT molecular complexity index is 947. The van der Waals surface area contributed by atoms with Crippen molar-refractivity contribution < 1.29 is 31.6 Å². The maximum atomic E-state index is 14.6. The molecular formula is C23H31FO6S. The molecule has 1 aromatic rings. The standard InChI is InChI=1S/C23H31FO6S/c1-3-23(2,19-12-15-11-18(19)17-6-4-5-16(15)17)30-21-13-14(7-8-20(21)24)22(25)29-9-10-31(26,27)28/h7-8,13,15-19H,3-6,9-12H2,1-2H3,(H,26,27,28). The highest BCUT2D eigenvalue weighted by atomic mass is 32.2. The van der Waals surface area contributed by atoms with Gasteiger partial charge in [-0.05, 0) is 80.9 Å². The molecule has 3 aliphatic carbocycles. The van der Waals surface area contributed by atoms with Crippen LogP contribution in [0.15, 0.2) is 18.2 Å². The van der Waals surface area contributed by atoms with Crippen LogP contribution in [0.4, 0.5) is 4.39 Å². The molecule has 0 heterocycles. The van der Waals surface area contributed by atoms with Gasteiger partial charge in [-0.3, -0.25) is 4.55 Å². The van der Waals surface area contributed by atoms with E-state index < -0.39 is 39.9 Å². The number of carbonyl (C=O) groups excluding carboxylic acids is 1. The van der Waals surface area contributed by atoms with E-state index in [1.807, 2.05) is 0 Å². The minimum absolute atomic E-state index is 0.0133. The van der Waals surface area contributed by atoms with Gasteiger partial charge in [0.2, 0.25) is 0 Å². The number of hydrogen-bond acceptors (Lipinski definition) is 5. The van der Waals surface area contributed by atoms with Crippen LogP contribution in [0.3, 0.4) is 0 Å². The summed E-state index contributed by atoms with van der Waals surface area (Å²) in [6.07, 6.45) is 7.06. The summed E-state index contributed by atoms with van der Waals surface area (Å²) in [6, 6.07) is 3.77. The first-order chi connectivity index (χ1) is 14.6. The van der Waals surface area contributed by atoms with Gasteiger partial charge in [0.15, 0.2) is 11.6 Å². The highest BCUT2D eigenvalue weighted by molar-refractivity contribution is 7.85. The summed E-state index contributed by atoms with van der Waals surface area (Å²) in [5, 5.41) is 0. The van der Waals surface area contributed by atoms with Gasteiger partial charge in [0, 0.05) is 5.92 Å². The Hall–Kier alpha value is -1.67. The SMILES string of the molecule is CCC(C)(Oc1cc(C(=O)OCCS(=O)(=O)O)ccc1F)C1CC2CC1C1CCCC21. The fourth-order valence-corrected chi connectivity index (χ4v) is 6.76. The fraction of sp³-hybridized carbons (Fsp3) is 0.696. The molecule has 6 nitrogen and oxygen atoms in total. The smallest absolute Gasteiger partial charge is 0.338 e. The average Bonchev–Trinajstić information content (AvgIpc) is 3.42. The Labute approximate surface area is 183 Å². The van der Waals surface area contributed by atoms with Crippen molar-refractivity contribution in [1.82, 2.24) is 0 Å². The van der Waals surface area contributed by atoms with Gasteiger partial charge in [-0.1, -0.05) is 13.3 Å². The molecule has 2 bridgehead atoms. The first kappa shape index (κ1) is 22.5. The maximum Gasteiger partial charge on any atom is 0.338 e. The molecule has 6 atom stereocenters. The number of ether oxygens (including phenoxy) is 2. The predicted molar refractivity (Wildman–Crippen MR) is 113 cm³/mol. The average molecular weight is 455 g/mol. The van der Waals surface area contributed by atoms with Crippen molar-refractivity contribution in [1.29, 1.82) is 0 Å². The molecule has 0 saturated heterocycles. The first-order valence-corrected chi connectivity index (χ1v) is 12.8. The summed E-state index contributed by atoms with van der Waals surface area (Å²) in [5.41, 5.74) is -0.449. The number of rotatable bonds is 8. The second-order valence-corrected chi connectivity index (χ2v) is 11.2. The Balaban J connectivity index is 1.48. The first-order valence-electron chi connectivity index (χ1n) is 11.2. The van der Waals surface area contributed by atoms with E-state index in [-0.39, 0.29) is 11.3 Å². The Morgan fingerprint density at radius 1 is 1.23 bits per heavy atom. The van der Waals surface area contributed by atoms with Crippen LogP contribution in [-0.2, 0) is 14.9 Å². The zero-order valence-corrected chi connectivity index (χ0v) is 18.9. The van der Waals surface area contributed by atoms with E-state index in [0.717, 1.165) is 30.6 Å². The molecule has 0 aliphatic heterocycles. The largest absolute Gasteiger partial charge is 0.484 e. The summed E-state index contributed by atoms with van der Waals surface area (Å²) < 4.78 is 56.1. The molecule has 3 aliphatic rings. The van der Waals surface area contributed by atoms with Crippen molar-refractivity contribution in [3.8, 4) is 5.75 Å². The van der Waals surface area contributed by atoms with Crippen molar-refractivity contribution in [3.05, 3.63) is 29.6 Å². The van der Waals surface area contributed by atoms with Crippen molar-refractivity contribution >= 4 is 16.1 Å². The van der Waals surface area contributed by atoms with E-state index in [2.05, 4.69) is 13.8 Å². The minimum atomic E-state index is -4.23. The summed E-state index contributed by atoms with van der Waals surface area (Å²) in [6.45, 7) is 3.63. The van der Waals surface area contributed by atoms with E-state index >= 15 is 0 Å². The van der Waals surface area contributed by atoms with Crippen LogP contribution in [0.2, 0.25) is 0 Å². The molecule has 0 amide bonds. The van der Waals surface area contributed by atoms with Gasteiger partial charge in [-0.2, -0.15) is 8.42 Å².